The van der Waals surface area contributed by atoms with Crippen molar-refractivity contribution in [1.29, 1.82) is 0 Å². The number of hydrogen-bond donors (Lipinski definition) is 1. The maximum Gasteiger partial charge on any atom is 0.270 e. The Morgan fingerprint density at radius 2 is 1.83 bits per heavy atom. The van der Waals surface area contributed by atoms with Gasteiger partial charge < -0.3 is 4.74 Å². The summed E-state index contributed by atoms with van der Waals surface area (Å²) in [6, 6.07) is 18.5. The molecule has 0 unspecified atom stereocenters. The highest BCUT2D eigenvalue weighted by Gasteiger charge is 2.35. The molecule has 1 N–H and O–H groups in total. The summed E-state index contributed by atoms with van der Waals surface area (Å²) >= 11 is 17.7. The zero-order valence-electron chi connectivity index (χ0n) is 19.4. The van der Waals surface area contributed by atoms with Gasteiger partial charge in [-0.2, -0.15) is 0 Å². The second kappa shape index (κ2) is 11.1. The van der Waals surface area contributed by atoms with Crippen molar-refractivity contribution >= 4 is 64.1 Å². The Hall–Kier alpha value is -3.45. The quantitative estimate of drug-likeness (QED) is 0.163. The Balaban J connectivity index is 1.63. The van der Waals surface area contributed by atoms with E-state index in [9.17, 15) is 9.59 Å². The molecular formula is C28H22Cl2N2O3S. The second-order valence-electron chi connectivity index (χ2n) is 8.17. The van der Waals surface area contributed by atoms with Crippen LogP contribution in [0.5, 0.6) is 5.75 Å². The monoisotopic (exact) mass is 536 g/mol. The summed E-state index contributed by atoms with van der Waals surface area (Å²) in [5.41, 5.74) is 3.96. The van der Waals surface area contributed by atoms with Gasteiger partial charge in [-0.25, -0.2) is 0 Å². The van der Waals surface area contributed by atoms with Gasteiger partial charge in [0.1, 0.15) is 17.9 Å². The molecule has 1 heterocycles. The molecule has 2 amide bonds. The standard InChI is InChI=1S/C28H22Cl2N2O3S/c1-3-5-20-14-19(12-13-24(20)35-16-18-10-8-17(2)9-11-18)15-21-26(33)31-28(36)32(27(21)34)23-7-4-6-22(29)25(23)30/h3-4,6-15H,1,5,16H2,2H3,(H,31,33,36)/b21-15+. The molecule has 0 spiro atoms. The first-order valence-corrected chi connectivity index (χ1v) is 12.2. The topological polar surface area (TPSA) is 58.6 Å². The Morgan fingerprint density at radius 3 is 2.56 bits per heavy atom. The van der Waals surface area contributed by atoms with Crippen molar-refractivity contribution in [2.45, 2.75) is 20.0 Å². The molecule has 5 nitrogen and oxygen atoms in total. The van der Waals surface area contributed by atoms with E-state index in [4.69, 9.17) is 40.2 Å². The molecule has 8 heteroatoms. The highest BCUT2D eigenvalue weighted by Crippen LogP contribution is 2.34. The average Bonchev–Trinajstić information content (AvgIpc) is 2.85. The van der Waals surface area contributed by atoms with E-state index >= 15 is 0 Å². The molecule has 0 radical (unpaired) electrons. The normalized spacial score (nSPS) is 14.7. The van der Waals surface area contributed by atoms with Crippen LogP contribution in [0.15, 0.2) is 78.9 Å². The lowest BCUT2D eigenvalue weighted by Crippen LogP contribution is -2.54. The summed E-state index contributed by atoms with van der Waals surface area (Å²) in [6.45, 7) is 6.28. The first-order chi connectivity index (χ1) is 17.3. The van der Waals surface area contributed by atoms with Gasteiger partial charge in [0.2, 0.25) is 0 Å². The third-order valence-corrected chi connectivity index (χ3v) is 6.64. The zero-order valence-corrected chi connectivity index (χ0v) is 21.7. The molecule has 1 saturated heterocycles. The van der Waals surface area contributed by atoms with E-state index < -0.39 is 11.8 Å². The Bertz CT molecular complexity index is 1400. The molecule has 3 aromatic rings. The highest BCUT2D eigenvalue weighted by atomic mass is 35.5. The van der Waals surface area contributed by atoms with E-state index in [1.165, 1.54) is 16.5 Å². The fourth-order valence-corrected chi connectivity index (χ4v) is 4.35. The van der Waals surface area contributed by atoms with Gasteiger partial charge in [-0.05, 0) is 72.6 Å². The molecule has 0 saturated carbocycles. The van der Waals surface area contributed by atoms with Crippen LogP contribution in [-0.4, -0.2) is 16.9 Å². The minimum Gasteiger partial charge on any atom is -0.489 e. The number of benzene rings is 3. The van der Waals surface area contributed by atoms with Crippen LogP contribution in [0.1, 0.15) is 22.3 Å². The smallest absolute Gasteiger partial charge is 0.270 e. The van der Waals surface area contributed by atoms with Crippen LogP contribution in [0.3, 0.4) is 0 Å². The van der Waals surface area contributed by atoms with Gasteiger partial charge in [0.15, 0.2) is 5.11 Å². The number of anilines is 1. The molecule has 4 rings (SSSR count). The van der Waals surface area contributed by atoms with Gasteiger partial charge in [0.25, 0.3) is 11.8 Å². The molecule has 0 atom stereocenters. The zero-order chi connectivity index (χ0) is 25.8. The van der Waals surface area contributed by atoms with Crippen LogP contribution >= 0.6 is 35.4 Å². The van der Waals surface area contributed by atoms with E-state index in [0.717, 1.165) is 11.1 Å². The lowest BCUT2D eigenvalue weighted by atomic mass is 10.0. The fraction of sp³-hybridized carbons (Fsp3) is 0.107. The fourth-order valence-electron chi connectivity index (χ4n) is 3.70. The largest absolute Gasteiger partial charge is 0.489 e. The molecule has 1 aliphatic rings. The molecule has 0 aliphatic carbocycles. The number of hydrogen-bond acceptors (Lipinski definition) is 4. The molecule has 0 bridgehead atoms. The number of nitrogens with zero attached hydrogens (tertiary/aromatic N) is 1. The van der Waals surface area contributed by atoms with Crippen molar-refractivity contribution in [2.24, 2.45) is 0 Å². The first-order valence-electron chi connectivity index (χ1n) is 11.1. The summed E-state index contributed by atoms with van der Waals surface area (Å²) in [4.78, 5) is 27.2. The van der Waals surface area contributed by atoms with Crippen molar-refractivity contribution in [1.82, 2.24) is 5.32 Å². The number of thiocarbonyl (C=S) groups is 1. The van der Waals surface area contributed by atoms with Gasteiger partial charge in [-0.3, -0.25) is 19.8 Å². The van der Waals surface area contributed by atoms with Crippen molar-refractivity contribution < 1.29 is 14.3 Å². The van der Waals surface area contributed by atoms with Crippen LogP contribution < -0.4 is 15.0 Å². The number of halogens is 2. The lowest BCUT2D eigenvalue weighted by Gasteiger charge is -2.29. The number of allylic oxidation sites excluding steroid dienone is 1. The molecule has 1 fully saturated rings. The number of amides is 2. The van der Waals surface area contributed by atoms with E-state index in [1.807, 2.05) is 43.3 Å². The number of rotatable bonds is 7. The van der Waals surface area contributed by atoms with Gasteiger partial charge in [-0.15, -0.1) is 6.58 Å². The Kier molecular flexibility index (Phi) is 7.89. The van der Waals surface area contributed by atoms with Crippen LogP contribution in [0.2, 0.25) is 10.0 Å². The first kappa shape index (κ1) is 25.6. The number of ether oxygens (including phenoxy) is 1. The van der Waals surface area contributed by atoms with Crippen LogP contribution in [0.4, 0.5) is 5.69 Å². The summed E-state index contributed by atoms with van der Waals surface area (Å²) in [5, 5.41) is 2.91. The summed E-state index contributed by atoms with van der Waals surface area (Å²) in [7, 11) is 0. The van der Waals surface area contributed by atoms with Crippen molar-refractivity contribution in [3.05, 3.63) is 111 Å². The average molecular weight is 537 g/mol. The minimum atomic E-state index is -0.599. The molecule has 36 heavy (non-hydrogen) atoms. The second-order valence-corrected chi connectivity index (χ2v) is 9.34. The van der Waals surface area contributed by atoms with E-state index in [1.54, 1.807) is 30.3 Å². The molecule has 1 aliphatic heterocycles. The molecule has 0 aromatic heterocycles. The van der Waals surface area contributed by atoms with E-state index in [2.05, 4.69) is 11.9 Å². The molecular weight excluding hydrogens is 515 g/mol. The number of nitrogens with one attached hydrogen (secondary N) is 1. The maximum atomic E-state index is 13.3. The molecule has 182 valence electrons. The van der Waals surface area contributed by atoms with Crippen molar-refractivity contribution in [2.75, 3.05) is 4.90 Å². The van der Waals surface area contributed by atoms with Crippen molar-refractivity contribution in [3.8, 4) is 5.75 Å². The number of carbonyl (C=O) groups is 2. The summed E-state index contributed by atoms with van der Waals surface area (Å²) in [5.74, 6) is -0.493. The summed E-state index contributed by atoms with van der Waals surface area (Å²) in [6.07, 6.45) is 3.83. The van der Waals surface area contributed by atoms with Crippen LogP contribution in [-0.2, 0) is 22.6 Å². The SMILES string of the molecule is C=CCc1cc(/C=C2\C(=O)NC(=S)N(c3cccc(Cl)c3Cl)C2=O)ccc1OCc1ccc(C)cc1. The summed E-state index contributed by atoms with van der Waals surface area (Å²) < 4.78 is 6.05. The third-order valence-electron chi connectivity index (χ3n) is 5.55. The number of carbonyl (C=O) groups excluding carboxylic acids is 2. The van der Waals surface area contributed by atoms with Gasteiger partial charge in [0.05, 0.1) is 15.7 Å². The number of aryl methyl sites for hydroxylation is 1. The Labute approximate surface area is 225 Å². The lowest BCUT2D eigenvalue weighted by molar-refractivity contribution is -0.122. The van der Waals surface area contributed by atoms with Gasteiger partial charge >= 0.3 is 0 Å². The van der Waals surface area contributed by atoms with Gasteiger partial charge in [0, 0.05) is 0 Å². The molecule has 3 aromatic carbocycles. The van der Waals surface area contributed by atoms with Crippen LogP contribution in [0.25, 0.3) is 6.08 Å². The van der Waals surface area contributed by atoms with Gasteiger partial charge in [-0.1, -0.05) is 71.2 Å². The Morgan fingerprint density at radius 1 is 1.08 bits per heavy atom. The predicted octanol–water partition coefficient (Wildman–Crippen LogP) is 6.44. The maximum absolute atomic E-state index is 13.3. The highest BCUT2D eigenvalue weighted by molar-refractivity contribution is 7.80. The van der Waals surface area contributed by atoms with Crippen LogP contribution in [0, 0.1) is 6.92 Å². The minimum absolute atomic E-state index is 0.0708. The van der Waals surface area contributed by atoms with E-state index in [0.29, 0.717) is 24.3 Å². The van der Waals surface area contributed by atoms with E-state index in [-0.39, 0.29) is 26.4 Å². The van der Waals surface area contributed by atoms with Crippen molar-refractivity contribution in [3.63, 3.8) is 0 Å². The predicted molar refractivity (Wildman–Crippen MR) is 149 cm³/mol. The third kappa shape index (κ3) is 5.51.